The van der Waals surface area contributed by atoms with Crippen molar-refractivity contribution in [3.8, 4) is 0 Å². The first-order valence-corrected chi connectivity index (χ1v) is 7.12. The van der Waals surface area contributed by atoms with E-state index in [0.29, 0.717) is 0 Å². The molecule has 0 radical (unpaired) electrons. The van der Waals surface area contributed by atoms with E-state index in [0.717, 1.165) is 37.4 Å². The van der Waals surface area contributed by atoms with Gasteiger partial charge in [0.1, 0.15) is 0 Å². The molecule has 0 spiro atoms. The average molecular weight is 225 g/mol. The molecular weight excluding hydrogens is 198 g/mol. The highest BCUT2D eigenvalue weighted by Gasteiger charge is 2.31. The van der Waals surface area contributed by atoms with Crippen molar-refractivity contribution in [2.75, 3.05) is 13.1 Å². The Labute approximate surface area is 100 Å². The van der Waals surface area contributed by atoms with Gasteiger partial charge in [-0.2, -0.15) is 0 Å². The van der Waals surface area contributed by atoms with Crippen molar-refractivity contribution in [2.24, 2.45) is 11.8 Å². The molecule has 2 unspecified atom stereocenters. The number of aliphatic hydroxyl groups excluding tert-OH is 1. The van der Waals surface area contributed by atoms with Gasteiger partial charge in [0.2, 0.25) is 0 Å². The first-order chi connectivity index (χ1) is 7.70. The van der Waals surface area contributed by atoms with Gasteiger partial charge < -0.3 is 5.11 Å². The molecule has 16 heavy (non-hydrogen) atoms. The average Bonchev–Trinajstić information content (AvgIpc) is 2.75. The smallest absolute Gasteiger partial charge is 0.0679 e. The minimum absolute atomic E-state index is 0.0488. The first-order valence-electron chi connectivity index (χ1n) is 7.12. The van der Waals surface area contributed by atoms with Crippen molar-refractivity contribution < 1.29 is 5.11 Å². The summed E-state index contributed by atoms with van der Waals surface area (Å²) in [6.45, 7) is 6.77. The Morgan fingerprint density at radius 3 is 2.38 bits per heavy atom. The molecule has 0 amide bonds. The van der Waals surface area contributed by atoms with Gasteiger partial charge in [-0.3, -0.25) is 4.90 Å². The molecule has 1 aliphatic heterocycles. The van der Waals surface area contributed by atoms with Crippen molar-refractivity contribution in [2.45, 2.75) is 64.5 Å². The van der Waals surface area contributed by atoms with E-state index in [1.165, 1.54) is 32.1 Å². The normalized spacial score (nSPS) is 38.8. The molecule has 1 heterocycles. The molecule has 94 valence electrons. The Kier molecular flexibility index (Phi) is 4.26. The molecule has 2 heteroatoms. The Balaban J connectivity index is 1.77. The van der Waals surface area contributed by atoms with Gasteiger partial charge in [-0.1, -0.05) is 20.3 Å². The first kappa shape index (κ1) is 12.4. The summed E-state index contributed by atoms with van der Waals surface area (Å²) in [6.07, 6.45) is 7.82. The summed E-state index contributed by atoms with van der Waals surface area (Å²) < 4.78 is 0. The van der Waals surface area contributed by atoms with E-state index in [1.54, 1.807) is 0 Å². The Morgan fingerprint density at radius 1 is 1.19 bits per heavy atom. The van der Waals surface area contributed by atoms with Crippen LogP contribution >= 0.6 is 0 Å². The molecule has 2 aliphatic rings. The van der Waals surface area contributed by atoms with Crippen LogP contribution in [0.5, 0.6) is 0 Å². The van der Waals surface area contributed by atoms with E-state index < -0.39 is 0 Å². The number of likely N-dealkylation sites (tertiary alicyclic amines) is 1. The number of hydrogen-bond acceptors (Lipinski definition) is 2. The fraction of sp³-hybridized carbons (Fsp3) is 1.00. The van der Waals surface area contributed by atoms with Crippen molar-refractivity contribution in [1.29, 1.82) is 0 Å². The Bertz CT molecular complexity index is 211. The van der Waals surface area contributed by atoms with Gasteiger partial charge in [-0.15, -0.1) is 0 Å². The van der Waals surface area contributed by atoms with E-state index in [4.69, 9.17) is 0 Å². The molecule has 2 atom stereocenters. The van der Waals surface area contributed by atoms with E-state index in [2.05, 4.69) is 18.7 Å². The summed E-state index contributed by atoms with van der Waals surface area (Å²) in [6, 6.07) is 0.775. The maximum absolute atomic E-state index is 9.57. The fourth-order valence-corrected chi connectivity index (χ4v) is 3.47. The summed E-state index contributed by atoms with van der Waals surface area (Å²) in [4.78, 5) is 2.53. The summed E-state index contributed by atoms with van der Waals surface area (Å²) in [5.41, 5.74) is 0. The Hall–Kier alpha value is -0.0800. The zero-order chi connectivity index (χ0) is 11.5. The number of hydrogen-bond donors (Lipinski definition) is 1. The third-order valence-electron chi connectivity index (χ3n) is 4.90. The van der Waals surface area contributed by atoms with Crippen LogP contribution in [0.15, 0.2) is 0 Å². The molecule has 0 bridgehead atoms. The van der Waals surface area contributed by atoms with Crippen molar-refractivity contribution in [1.82, 2.24) is 4.90 Å². The predicted molar refractivity (Wildman–Crippen MR) is 67.4 cm³/mol. The van der Waals surface area contributed by atoms with Crippen molar-refractivity contribution >= 4 is 0 Å². The zero-order valence-corrected chi connectivity index (χ0v) is 10.9. The summed E-state index contributed by atoms with van der Waals surface area (Å²) in [5, 5.41) is 9.57. The number of aliphatic hydroxyl groups is 1. The van der Waals surface area contributed by atoms with Crippen LogP contribution in [-0.2, 0) is 0 Å². The molecule has 0 aromatic carbocycles. The molecule has 1 saturated carbocycles. The standard InChI is InChI=1S/C14H27NO/c1-3-11(2)12-4-6-13(7-5-12)15-9-8-14(16)10-15/h11-14,16H,3-10H2,1-2H3. The third kappa shape index (κ3) is 2.78. The predicted octanol–water partition coefficient (Wildman–Crippen LogP) is 2.66. The van der Waals surface area contributed by atoms with E-state index >= 15 is 0 Å². The molecule has 0 aromatic heterocycles. The van der Waals surface area contributed by atoms with Crippen LogP contribution in [-0.4, -0.2) is 35.2 Å². The lowest BCUT2D eigenvalue weighted by molar-refractivity contribution is 0.118. The minimum Gasteiger partial charge on any atom is -0.392 e. The summed E-state index contributed by atoms with van der Waals surface area (Å²) in [7, 11) is 0. The van der Waals surface area contributed by atoms with Crippen LogP contribution in [0, 0.1) is 11.8 Å². The van der Waals surface area contributed by atoms with Crippen LogP contribution in [0.2, 0.25) is 0 Å². The molecule has 2 nitrogen and oxygen atoms in total. The van der Waals surface area contributed by atoms with Crippen LogP contribution in [0.25, 0.3) is 0 Å². The highest BCUT2D eigenvalue weighted by atomic mass is 16.3. The lowest BCUT2D eigenvalue weighted by Crippen LogP contribution is -2.37. The quantitative estimate of drug-likeness (QED) is 0.798. The molecule has 2 fully saturated rings. The second-order valence-electron chi connectivity index (χ2n) is 5.89. The van der Waals surface area contributed by atoms with E-state index in [-0.39, 0.29) is 6.10 Å². The second kappa shape index (κ2) is 5.50. The third-order valence-corrected chi connectivity index (χ3v) is 4.90. The largest absolute Gasteiger partial charge is 0.392 e. The maximum atomic E-state index is 9.57. The lowest BCUT2D eigenvalue weighted by Gasteiger charge is -2.36. The monoisotopic (exact) mass is 225 g/mol. The number of β-amino-alcohol motifs (C(OH)–C–C–N with tert-alkyl or cyclic N) is 1. The Morgan fingerprint density at radius 2 is 1.88 bits per heavy atom. The van der Waals surface area contributed by atoms with Gasteiger partial charge in [0.05, 0.1) is 6.10 Å². The van der Waals surface area contributed by atoms with Gasteiger partial charge in [0, 0.05) is 19.1 Å². The lowest BCUT2D eigenvalue weighted by atomic mass is 9.77. The van der Waals surface area contributed by atoms with Crippen LogP contribution in [0.1, 0.15) is 52.4 Å². The van der Waals surface area contributed by atoms with Gasteiger partial charge in [-0.25, -0.2) is 0 Å². The van der Waals surface area contributed by atoms with Gasteiger partial charge >= 0.3 is 0 Å². The van der Waals surface area contributed by atoms with Gasteiger partial charge in [-0.05, 0) is 43.9 Å². The van der Waals surface area contributed by atoms with Crippen LogP contribution in [0.3, 0.4) is 0 Å². The fourth-order valence-electron chi connectivity index (χ4n) is 3.47. The second-order valence-corrected chi connectivity index (χ2v) is 5.89. The maximum Gasteiger partial charge on any atom is 0.0679 e. The topological polar surface area (TPSA) is 23.5 Å². The van der Waals surface area contributed by atoms with Crippen LogP contribution in [0.4, 0.5) is 0 Å². The molecular formula is C14H27NO. The van der Waals surface area contributed by atoms with Crippen LogP contribution < -0.4 is 0 Å². The molecule has 2 rings (SSSR count). The minimum atomic E-state index is -0.0488. The van der Waals surface area contributed by atoms with Crippen molar-refractivity contribution in [3.05, 3.63) is 0 Å². The van der Waals surface area contributed by atoms with Gasteiger partial charge in [0.15, 0.2) is 0 Å². The van der Waals surface area contributed by atoms with Gasteiger partial charge in [0.25, 0.3) is 0 Å². The van der Waals surface area contributed by atoms with E-state index in [9.17, 15) is 5.11 Å². The zero-order valence-electron chi connectivity index (χ0n) is 10.9. The molecule has 0 aromatic rings. The number of nitrogens with zero attached hydrogens (tertiary/aromatic N) is 1. The SMILES string of the molecule is CCC(C)C1CCC(N2CCC(O)C2)CC1. The summed E-state index contributed by atoms with van der Waals surface area (Å²) in [5.74, 6) is 1.87. The highest BCUT2D eigenvalue weighted by Crippen LogP contribution is 2.34. The van der Waals surface area contributed by atoms with Crippen molar-refractivity contribution in [3.63, 3.8) is 0 Å². The molecule has 1 N–H and O–H groups in total. The molecule has 1 saturated heterocycles. The number of rotatable bonds is 3. The molecule has 1 aliphatic carbocycles. The highest BCUT2D eigenvalue weighted by molar-refractivity contribution is 4.85. The summed E-state index contributed by atoms with van der Waals surface area (Å²) >= 11 is 0. The van der Waals surface area contributed by atoms with E-state index in [1.807, 2.05) is 0 Å².